The Kier molecular flexibility index (Phi) is 4.74. The second kappa shape index (κ2) is 6.89. The van der Waals surface area contributed by atoms with Gasteiger partial charge in [0.25, 0.3) is 0 Å². The summed E-state index contributed by atoms with van der Waals surface area (Å²) in [4.78, 5) is 14.1. The Morgan fingerprint density at radius 1 is 1.17 bits per heavy atom. The first-order valence-corrected chi connectivity index (χ1v) is 10.1. The molecule has 1 fully saturated rings. The highest BCUT2D eigenvalue weighted by atomic mass is 35.5. The maximum absolute atomic E-state index is 14.0. The third-order valence-electron chi connectivity index (χ3n) is 5.21. The average Bonchev–Trinajstić information content (AvgIpc) is 2.94. The van der Waals surface area contributed by atoms with E-state index in [1.807, 2.05) is 26.8 Å². The van der Waals surface area contributed by atoms with Crippen molar-refractivity contribution in [2.24, 2.45) is 0 Å². The van der Waals surface area contributed by atoms with Crippen LogP contribution in [0.2, 0.25) is 5.02 Å². The van der Waals surface area contributed by atoms with Gasteiger partial charge in [0.1, 0.15) is 11.4 Å². The largest absolute Gasteiger partial charge is 0.444 e. The number of carbonyl (C=O) groups is 1. The molecule has 1 aromatic heterocycles. The molecule has 29 heavy (non-hydrogen) atoms. The van der Waals surface area contributed by atoms with Gasteiger partial charge in [-0.25, -0.2) is 9.18 Å². The summed E-state index contributed by atoms with van der Waals surface area (Å²) < 4.78 is 21.3. The number of carbonyl (C=O) groups excluding carboxylic acids is 1. The highest BCUT2D eigenvalue weighted by Gasteiger charge is 2.40. The molecule has 0 spiro atoms. The van der Waals surface area contributed by atoms with E-state index in [0.717, 1.165) is 10.9 Å². The van der Waals surface area contributed by atoms with E-state index in [-0.39, 0.29) is 12.4 Å². The maximum Gasteiger partial charge on any atom is 0.410 e. The van der Waals surface area contributed by atoms with Crippen LogP contribution in [0, 0.1) is 5.82 Å². The number of nitrogens with zero attached hydrogens (tertiary/aromatic N) is 2. The van der Waals surface area contributed by atoms with E-state index < -0.39 is 17.4 Å². The Morgan fingerprint density at radius 3 is 2.52 bits per heavy atom. The fraction of sp³-hybridized carbons (Fsp3) is 0.409. The summed E-state index contributed by atoms with van der Waals surface area (Å²) in [7, 11) is 0. The summed E-state index contributed by atoms with van der Waals surface area (Å²) in [5.74, 6) is -0.359. The summed E-state index contributed by atoms with van der Waals surface area (Å²) in [6.07, 6.45) is 0.627. The summed E-state index contributed by atoms with van der Waals surface area (Å²) in [5.41, 5.74) is -0.532. The fourth-order valence-corrected chi connectivity index (χ4v) is 4.27. The lowest BCUT2D eigenvalue weighted by molar-refractivity contribution is -0.0897. The molecule has 3 aromatic rings. The molecule has 1 saturated heterocycles. The molecule has 1 N–H and O–H groups in total. The van der Waals surface area contributed by atoms with Crippen LogP contribution in [0.5, 0.6) is 0 Å². The lowest BCUT2D eigenvalue weighted by Crippen LogP contribution is -2.52. The van der Waals surface area contributed by atoms with E-state index in [0.29, 0.717) is 35.3 Å². The van der Waals surface area contributed by atoms with Gasteiger partial charge in [0.2, 0.25) is 0 Å². The number of fused-ring (bicyclic) bond motifs is 3. The molecule has 1 amide bonds. The predicted octanol–water partition coefficient (Wildman–Crippen LogP) is 5.26. The van der Waals surface area contributed by atoms with Gasteiger partial charge in [0.15, 0.2) is 5.72 Å². The lowest BCUT2D eigenvalue weighted by Gasteiger charge is -2.41. The van der Waals surface area contributed by atoms with Crippen LogP contribution >= 0.6 is 11.6 Å². The zero-order valence-corrected chi connectivity index (χ0v) is 17.5. The number of ether oxygens (including phenoxy) is 1. The molecular formula is C22H24ClFN2O3. The molecule has 4 rings (SSSR count). The van der Waals surface area contributed by atoms with Crippen molar-refractivity contribution < 1.29 is 19.0 Å². The summed E-state index contributed by atoms with van der Waals surface area (Å²) in [5, 5.41) is 13.6. The molecule has 7 heteroatoms. The van der Waals surface area contributed by atoms with Gasteiger partial charge in [-0.2, -0.15) is 0 Å². The van der Waals surface area contributed by atoms with Crippen LogP contribution in [0.4, 0.5) is 9.18 Å². The number of aliphatic hydroxyl groups is 1. The first-order valence-electron chi connectivity index (χ1n) is 9.67. The average molecular weight is 419 g/mol. The molecule has 2 heterocycles. The number of likely N-dealkylation sites (tertiary alicyclic amines) is 1. The smallest absolute Gasteiger partial charge is 0.410 e. The molecule has 0 bridgehead atoms. The molecule has 2 aromatic carbocycles. The molecular weight excluding hydrogens is 395 g/mol. The number of aromatic nitrogens is 1. The zero-order valence-electron chi connectivity index (χ0n) is 16.7. The summed E-state index contributed by atoms with van der Waals surface area (Å²) in [6, 6.07) is 9.81. The van der Waals surface area contributed by atoms with Crippen molar-refractivity contribution >= 4 is 39.5 Å². The van der Waals surface area contributed by atoms with Crippen molar-refractivity contribution in [3.63, 3.8) is 0 Å². The number of benzene rings is 2. The summed E-state index contributed by atoms with van der Waals surface area (Å²) >= 11 is 6.18. The van der Waals surface area contributed by atoms with E-state index >= 15 is 0 Å². The monoisotopic (exact) mass is 418 g/mol. The minimum Gasteiger partial charge on any atom is -0.444 e. The second-order valence-corrected chi connectivity index (χ2v) is 9.08. The Bertz CT molecular complexity index is 1050. The fourth-order valence-electron chi connectivity index (χ4n) is 4.10. The first kappa shape index (κ1) is 20.0. The van der Waals surface area contributed by atoms with Crippen LogP contribution in [-0.2, 0) is 10.5 Å². The number of hydrogen-bond acceptors (Lipinski definition) is 3. The minimum atomic E-state index is -1.35. The predicted molar refractivity (Wildman–Crippen MR) is 112 cm³/mol. The van der Waals surface area contributed by atoms with Crippen molar-refractivity contribution in [1.29, 1.82) is 0 Å². The number of halogens is 2. The van der Waals surface area contributed by atoms with Crippen LogP contribution < -0.4 is 0 Å². The topological polar surface area (TPSA) is 54.7 Å². The van der Waals surface area contributed by atoms with Crippen LogP contribution in [0.1, 0.15) is 33.6 Å². The van der Waals surface area contributed by atoms with E-state index in [9.17, 15) is 14.3 Å². The van der Waals surface area contributed by atoms with Gasteiger partial charge < -0.3 is 19.3 Å². The third kappa shape index (κ3) is 3.67. The molecule has 0 radical (unpaired) electrons. The van der Waals surface area contributed by atoms with Gasteiger partial charge in [-0.3, -0.25) is 0 Å². The zero-order chi connectivity index (χ0) is 21.0. The SMILES string of the molecule is CC(C)(C)OC(=O)N1CCCC(O)(n2c3ccc(F)cc3c3cc(Cl)ccc32)C1. The van der Waals surface area contributed by atoms with Crippen molar-refractivity contribution in [3.05, 3.63) is 47.2 Å². The van der Waals surface area contributed by atoms with Crippen molar-refractivity contribution in [2.45, 2.75) is 44.9 Å². The molecule has 1 atom stereocenters. The van der Waals surface area contributed by atoms with Crippen molar-refractivity contribution in [2.75, 3.05) is 13.1 Å². The minimum absolute atomic E-state index is 0.0841. The Hall–Kier alpha value is -2.31. The number of β-amino-alcohol motifs (C(OH)–C–C–N with tert-alkyl or cyclic N) is 1. The van der Waals surface area contributed by atoms with E-state index in [2.05, 4.69) is 0 Å². The van der Waals surface area contributed by atoms with Gasteiger partial charge in [-0.05, 0) is 70.0 Å². The Balaban J connectivity index is 1.83. The molecule has 1 aliphatic heterocycles. The molecule has 1 unspecified atom stereocenters. The van der Waals surface area contributed by atoms with E-state index in [4.69, 9.17) is 16.3 Å². The van der Waals surface area contributed by atoms with E-state index in [1.54, 1.807) is 22.8 Å². The van der Waals surface area contributed by atoms with Gasteiger partial charge in [-0.1, -0.05) is 11.6 Å². The Labute approximate surface area is 173 Å². The van der Waals surface area contributed by atoms with Gasteiger partial charge in [0.05, 0.1) is 17.6 Å². The van der Waals surface area contributed by atoms with Crippen molar-refractivity contribution in [3.8, 4) is 0 Å². The standard InChI is InChI=1S/C22H24ClFN2O3/c1-21(2,3)29-20(27)25-10-4-9-22(28,13-25)26-18-7-5-14(23)11-16(18)17-12-15(24)6-8-19(17)26/h5-8,11-12,28H,4,9-10,13H2,1-3H3. The molecule has 0 saturated carbocycles. The highest BCUT2D eigenvalue weighted by molar-refractivity contribution is 6.31. The molecule has 5 nitrogen and oxygen atoms in total. The molecule has 1 aliphatic rings. The Morgan fingerprint density at radius 2 is 1.83 bits per heavy atom. The maximum atomic E-state index is 14.0. The third-order valence-corrected chi connectivity index (χ3v) is 5.44. The van der Waals surface area contributed by atoms with Gasteiger partial charge in [0, 0.05) is 22.3 Å². The van der Waals surface area contributed by atoms with Crippen LogP contribution in [-0.4, -0.2) is 39.4 Å². The molecule has 154 valence electrons. The second-order valence-electron chi connectivity index (χ2n) is 8.65. The van der Waals surface area contributed by atoms with E-state index in [1.165, 1.54) is 17.0 Å². The summed E-state index contributed by atoms with van der Waals surface area (Å²) in [6.45, 7) is 6.03. The van der Waals surface area contributed by atoms with Crippen LogP contribution in [0.25, 0.3) is 21.8 Å². The number of piperidine rings is 1. The normalized spacial score (nSPS) is 20.4. The van der Waals surface area contributed by atoms with Gasteiger partial charge in [-0.15, -0.1) is 0 Å². The van der Waals surface area contributed by atoms with Crippen LogP contribution in [0.3, 0.4) is 0 Å². The highest BCUT2D eigenvalue weighted by Crippen LogP contribution is 2.38. The number of amides is 1. The molecule has 0 aliphatic carbocycles. The lowest BCUT2D eigenvalue weighted by atomic mass is 10.0. The number of rotatable bonds is 1. The first-order chi connectivity index (χ1) is 13.6. The van der Waals surface area contributed by atoms with Gasteiger partial charge >= 0.3 is 6.09 Å². The van der Waals surface area contributed by atoms with Crippen molar-refractivity contribution in [1.82, 2.24) is 9.47 Å². The number of hydrogen-bond donors (Lipinski definition) is 1. The van der Waals surface area contributed by atoms with Crippen LogP contribution in [0.15, 0.2) is 36.4 Å². The quantitative estimate of drug-likeness (QED) is 0.586.